The lowest BCUT2D eigenvalue weighted by Gasteiger charge is -2.32. The van der Waals surface area contributed by atoms with Crippen molar-refractivity contribution in [1.82, 2.24) is 49.1 Å². The molecule has 0 unspecified atom stereocenters. The van der Waals surface area contributed by atoms with E-state index in [-0.39, 0.29) is 66.5 Å². The number of halogens is 5. The van der Waals surface area contributed by atoms with Gasteiger partial charge in [-0.15, -0.1) is 0 Å². The van der Waals surface area contributed by atoms with Crippen molar-refractivity contribution in [3.05, 3.63) is 175 Å². The van der Waals surface area contributed by atoms with Crippen LogP contribution in [0.5, 0.6) is 0 Å². The number of imidazole rings is 3. The molecular weight excluding hydrogens is 1210 g/mol. The molecule has 8 aliphatic rings. The molecule has 4 amide bonds. The Hall–Kier alpha value is -7.54. The highest BCUT2D eigenvalue weighted by molar-refractivity contribution is 9.10. The van der Waals surface area contributed by atoms with Gasteiger partial charge in [0.15, 0.2) is 0 Å². The van der Waals surface area contributed by atoms with Gasteiger partial charge in [-0.05, 0) is 154 Å². The number of nitrogens with zero attached hydrogens (tertiary/aromatic N) is 10. The normalized spacial score (nSPS) is 17.5. The van der Waals surface area contributed by atoms with Crippen molar-refractivity contribution in [2.45, 2.75) is 96.7 Å². The van der Waals surface area contributed by atoms with Crippen LogP contribution in [0.15, 0.2) is 111 Å². The Bertz CT molecular complexity index is 3680. The molecule has 0 saturated heterocycles. The van der Waals surface area contributed by atoms with Crippen LogP contribution in [0.3, 0.4) is 0 Å². The Morgan fingerprint density at radius 3 is 1.51 bits per heavy atom. The predicted octanol–water partition coefficient (Wildman–Crippen LogP) is 8.22. The van der Waals surface area contributed by atoms with Crippen molar-refractivity contribution in [1.29, 1.82) is 0 Å². The molecule has 0 bridgehead atoms. The fraction of sp³-hybridized carbons (Fsp3) is 0.350. The third-order valence-electron chi connectivity index (χ3n) is 15.5. The van der Waals surface area contributed by atoms with Crippen LogP contribution in [0.2, 0.25) is 5.82 Å². The second-order valence-electron chi connectivity index (χ2n) is 21.0. The Labute approximate surface area is 500 Å². The van der Waals surface area contributed by atoms with Crippen LogP contribution in [0.4, 0.5) is 13.2 Å². The molecule has 6 aliphatic heterocycles. The number of H-pyrrole nitrogens is 1. The van der Waals surface area contributed by atoms with Crippen LogP contribution in [-0.4, -0.2) is 136 Å². The topological polar surface area (TPSA) is 220 Å². The van der Waals surface area contributed by atoms with Crippen LogP contribution >= 0.6 is 31.9 Å². The maximum absolute atomic E-state index is 14.5. The summed E-state index contributed by atoms with van der Waals surface area (Å²) in [6.45, 7) is 7.93. The van der Waals surface area contributed by atoms with Gasteiger partial charge >= 0.3 is 7.12 Å². The van der Waals surface area contributed by atoms with Gasteiger partial charge in [0.25, 0.3) is 0 Å². The van der Waals surface area contributed by atoms with E-state index in [1.54, 1.807) is 51.9 Å². The summed E-state index contributed by atoms with van der Waals surface area (Å²) in [6, 6.07) is 9.46. The summed E-state index contributed by atoms with van der Waals surface area (Å²) in [5.41, 5.74) is 11.4. The number of fused-ring (bicyclic) bond motifs is 9. The molecule has 3 aromatic heterocycles. The zero-order valence-electron chi connectivity index (χ0n) is 46.6. The number of hydrogen-bond donors (Lipinski definition) is 4. The van der Waals surface area contributed by atoms with Gasteiger partial charge in [-0.1, -0.05) is 33.6 Å². The highest BCUT2D eigenvalue weighted by atomic mass is 79.9. The number of aromatic nitrogens is 6. The van der Waals surface area contributed by atoms with E-state index in [1.807, 2.05) is 52.9 Å². The first-order valence-electron chi connectivity index (χ1n) is 28.1. The predicted molar refractivity (Wildman–Crippen MR) is 320 cm³/mol. The number of benzene rings is 3. The van der Waals surface area contributed by atoms with Gasteiger partial charge < -0.3 is 35.0 Å². The van der Waals surface area contributed by atoms with Gasteiger partial charge in [-0.3, -0.25) is 38.3 Å². The van der Waals surface area contributed by atoms with Crippen LogP contribution in [0, 0.1) is 17.5 Å². The maximum atomic E-state index is 14.5. The third kappa shape index (κ3) is 13.2. The first-order chi connectivity index (χ1) is 40.5. The number of nitrogens with one attached hydrogen (secondary N) is 2. The van der Waals surface area contributed by atoms with Crippen molar-refractivity contribution in [3.63, 3.8) is 0 Å². The number of hydrogen-bond acceptors (Lipinski definition) is 11. The van der Waals surface area contributed by atoms with E-state index >= 15 is 0 Å². The van der Waals surface area contributed by atoms with Crippen molar-refractivity contribution in [2.75, 3.05) is 39.3 Å². The number of carbonyl (C=O) groups excluding carboxylic acids is 4. The number of allylic oxidation sites excluding steroid dienone is 2. The summed E-state index contributed by atoms with van der Waals surface area (Å²) in [5.74, 6) is 0.639. The third-order valence-corrected chi connectivity index (χ3v) is 17.2. The first-order valence-corrected chi connectivity index (χ1v) is 29.7. The van der Waals surface area contributed by atoms with Gasteiger partial charge in [0.1, 0.15) is 54.9 Å². The van der Waals surface area contributed by atoms with E-state index in [9.17, 15) is 32.3 Å². The Balaban J connectivity index is 0.000000128. The number of aromatic amines is 1. The molecule has 4 N–H and O–H groups in total. The molecule has 2 aliphatic carbocycles. The molecular formula is C60H62BBr2F3N12O6. The molecule has 3 aromatic carbocycles. The highest BCUT2D eigenvalue weighted by Gasteiger charge is 2.37. The Kier molecular flexibility index (Phi) is 18.6. The Morgan fingerprint density at radius 1 is 0.619 bits per heavy atom. The minimum absolute atomic E-state index is 0.00344. The Morgan fingerprint density at radius 2 is 1.10 bits per heavy atom. The van der Waals surface area contributed by atoms with Gasteiger partial charge in [0.05, 0.1) is 50.3 Å². The van der Waals surface area contributed by atoms with Gasteiger partial charge in [-0.2, -0.15) is 0 Å². The van der Waals surface area contributed by atoms with Gasteiger partial charge in [0.2, 0.25) is 23.6 Å². The molecule has 9 heterocycles. The van der Waals surface area contributed by atoms with Crippen molar-refractivity contribution < 1.29 is 42.4 Å². The molecule has 6 aromatic rings. The minimum atomic E-state index is -1.04. The smallest absolute Gasteiger partial charge is 0.427 e. The number of aliphatic imine (C=N–C) groups is 2. The molecule has 0 spiro atoms. The molecule has 84 heavy (non-hydrogen) atoms. The second kappa shape index (κ2) is 26.2. The lowest BCUT2D eigenvalue weighted by molar-refractivity contribution is -0.128. The van der Waals surface area contributed by atoms with E-state index in [4.69, 9.17) is 10.0 Å². The quantitative estimate of drug-likeness (QED) is 0.122. The molecule has 24 heteroatoms. The minimum Gasteiger partial charge on any atom is -0.427 e. The lowest BCUT2D eigenvalue weighted by Crippen LogP contribution is -2.38. The summed E-state index contributed by atoms with van der Waals surface area (Å²) in [4.78, 5) is 78.3. The number of carbonyl (C=O) groups is 4. The van der Waals surface area contributed by atoms with E-state index in [0.29, 0.717) is 71.1 Å². The number of amides is 4. The fourth-order valence-electron chi connectivity index (χ4n) is 10.6. The molecule has 14 rings (SSSR count). The summed E-state index contributed by atoms with van der Waals surface area (Å²) < 4.78 is 46.5. The number of aryl methyl sites for hydroxylation is 3. The van der Waals surface area contributed by atoms with Crippen LogP contribution in [-0.2, 0) is 57.7 Å². The zero-order chi connectivity index (χ0) is 59.3. The van der Waals surface area contributed by atoms with Crippen molar-refractivity contribution in [3.8, 4) is 0 Å². The first kappa shape index (κ1) is 59.6. The van der Waals surface area contributed by atoms with E-state index in [2.05, 4.69) is 80.9 Å². The van der Waals surface area contributed by atoms with Gasteiger partial charge in [-0.25, -0.2) is 28.1 Å². The van der Waals surface area contributed by atoms with Crippen molar-refractivity contribution in [2.24, 2.45) is 9.98 Å². The maximum Gasteiger partial charge on any atom is 0.454 e. The molecule has 2 saturated carbocycles. The van der Waals surface area contributed by atoms with Gasteiger partial charge in [0, 0.05) is 78.8 Å². The van der Waals surface area contributed by atoms with E-state index in [1.165, 1.54) is 23.9 Å². The molecule has 0 atom stereocenters. The average molecular weight is 1270 g/mol. The summed E-state index contributed by atoms with van der Waals surface area (Å²) in [6.07, 6.45) is 24.7. The summed E-state index contributed by atoms with van der Waals surface area (Å²) in [5, 5.41) is 19.0. The van der Waals surface area contributed by atoms with Crippen molar-refractivity contribution >= 4 is 91.4 Å². The SMILES string of the molecule is CCc1cn(C2=NCC(=O)N3CCc4c(ccc(F)c4Br)C3=C2)cn1.CCc1cn(C2=NCC(=O)N3CCc4c(ccc(F)c4C4CC4)C3=C2)cn1.CCc1cnc[nH]1.O=C1C=C2c3ccc(F)c(Br)c3CCN2C(=O)CN1.OB(O)C1CC1. The monoisotopic (exact) mass is 1270 g/mol. The van der Waals surface area contributed by atoms with Crippen LogP contribution in [0.25, 0.3) is 17.1 Å². The van der Waals surface area contributed by atoms with Crippen LogP contribution < -0.4 is 5.32 Å². The average Bonchev–Trinajstić information content (AvgIpc) is 1.89. The number of rotatable bonds is 5. The molecule has 18 nitrogen and oxygen atoms in total. The molecule has 2 fully saturated rings. The largest absolute Gasteiger partial charge is 0.454 e. The lowest BCUT2D eigenvalue weighted by atomic mass is 9.84. The highest BCUT2D eigenvalue weighted by Crippen LogP contribution is 2.46. The van der Waals surface area contributed by atoms with Crippen LogP contribution in [0.1, 0.15) is 108 Å². The van der Waals surface area contributed by atoms with E-state index in [0.717, 1.165) is 107 Å². The molecule has 0 radical (unpaired) electrons. The second-order valence-corrected chi connectivity index (χ2v) is 22.6. The van der Waals surface area contributed by atoms with E-state index < -0.39 is 7.12 Å². The summed E-state index contributed by atoms with van der Waals surface area (Å²) in [7, 11) is -1.04. The fourth-order valence-corrected chi connectivity index (χ4v) is 11.7. The molecule has 436 valence electrons. The zero-order valence-corrected chi connectivity index (χ0v) is 49.8. The summed E-state index contributed by atoms with van der Waals surface area (Å²) >= 11 is 6.56. The standard InChI is InChI=1S/C21H21FN4O.C18H16BrFN4O.C13H10BrFN2O2.C5H8N2.C3H7BO2/c1-2-14-11-25(12-24-14)19-9-18-15-5-6-17(22)21(13-3-4-13)16(15)7-8-26(18)20(27)10-23-19;1-2-11-9-23(10-22-11)16-7-15-12-3-4-14(20)18(19)13(12)5-6-24(15)17(25)8-21-16;14-13-8-3-4-17-10(7(8)1-2-9(13)15)5-11(18)16-6-12(17)19;1-2-5-3-6-4-7-5;5-4(6)3-1-2-3/h5-6,9,11-13H,2-4,7-8,10H2,1H3;3-4,7,9-10H,2,5-6,8H2,1H3;1-2,5H,3-4,6H2,(H,16,18);3-4H,2H2,1H3,(H,6,7);3,5-6H,1-2H2.